The third kappa shape index (κ3) is 4.97. The fraction of sp³-hybridized carbons (Fsp3) is 0.318. The minimum absolute atomic E-state index is 0.102. The van der Waals surface area contributed by atoms with Gasteiger partial charge in [-0.2, -0.15) is 0 Å². The Labute approximate surface area is 164 Å². The van der Waals surface area contributed by atoms with Gasteiger partial charge in [-0.1, -0.05) is 42.5 Å². The lowest BCUT2D eigenvalue weighted by molar-refractivity contribution is -0.142. The lowest BCUT2D eigenvalue weighted by Gasteiger charge is -2.28. The second-order valence-electron chi connectivity index (χ2n) is 7.03. The Hall–Kier alpha value is -3.15. The molecule has 3 rings (SSSR count). The van der Waals surface area contributed by atoms with Crippen LogP contribution in [-0.4, -0.2) is 35.5 Å². The maximum Gasteiger partial charge on any atom is 0.326 e. The summed E-state index contributed by atoms with van der Waals surface area (Å²) >= 11 is 0. The molecule has 2 aromatic rings. The van der Waals surface area contributed by atoms with Gasteiger partial charge >= 0.3 is 5.97 Å². The summed E-state index contributed by atoms with van der Waals surface area (Å²) in [5, 5.41) is 14.6. The fourth-order valence-electron chi connectivity index (χ4n) is 3.70. The summed E-state index contributed by atoms with van der Waals surface area (Å²) in [6.07, 6.45) is 3.25. The highest BCUT2D eigenvalue weighted by Gasteiger charge is 2.28. The number of aliphatic carboxylic acids is 1. The Kier molecular flexibility index (Phi) is 6.42. The fourth-order valence-corrected chi connectivity index (χ4v) is 3.70. The number of amides is 2. The zero-order valence-corrected chi connectivity index (χ0v) is 15.6. The van der Waals surface area contributed by atoms with E-state index >= 15 is 0 Å². The molecule has 0 aromatic heterocycles. The molecule has 2 aromatic carbocycles. The van der Waals surface area contributed by atoms with Gasteiger partial charge in [-0.05, 0) is 54.9 Å². The Balaban J connectivity index is 1.57. The van der Waals surface area contributed by atoms with E-state index in [-0.39, 0.29) is 18.4 Å². The number of hydrogen-bond donors (Lipinski definition) is 3. The van der Waals surface area contributed by atoms with Crippen LogP contribution in [0.25, 0.3) is 0 Å². The van der Waals surface area contributed by atoms with E-state index in [4.69, 9.17) is 0 Å². The summed E-state index contributed by atoms with van der Waals surface area (Å²) in [6, 6.07) is 15.6. The number of aryl methyl sites for hydroxylation is 1. The van der Waals surface area contributed by atoms with Crippen LogP contribution in [-0.2, 0) is 16.0 Å². The molecular weight excluding hydrogens is 356 g/mol. The standard InChI is InChI=1S/C22H24N2O4/c25-20(14-23-21(26)16-8-2-1-3-9-16)24-19(22(27)28)13-17-11-6-10-15-7-4-5-12-18(15)17/h1-5,7-9,12,17,19H,6,10-11,13-14H2,(H,23,26)(H,24,25)(H,27,28). The van der Waals surface area contributed by atoms with Gasteiger partial charge in [0.2, 0.25) is 5.91 Å². The quantitative estimate of drug-likeness (QED) is 0.688. The molecule has 0 fully saturated rings. The van der Waals surface area contributed by atoms with Gasteiger partial charge in [0.25, 0.3) is 5.91 Å². The number of rotatable bonds is 7. The molecule has 1 aliphatic carbocycles. The molecule has 0 spiro atoms. The molecule has 1 aliphatic rings. The first-order valence-electron chi connectivity index (χ1n) is 9.48. The third-order valence-electron chi connectivity index (χ3n) is 5.09. The normalized spacial score (nSPS) is 16.5. The van der Waals surface area contributed by atoms with E-state index in [1.807, 2.05) is 18.2 Å². The highest BCUT2D eigenvalue weighted by atomic mass is 16.4. The van der Waals surface area contributed by atoms with Crippen LogP contribution in [0.2, 0.25) is 0 Å². The predicted octanol–water partition coefficient (Wildman–Crippen LogP) is 2.50. The van der Waals surface area contributed by atoms with Gasteiger partial charge in [0.15, 0.2) is 0 Å². The van der Waals surface area contributed by atoms with Gasteiger partial charge in [-0.15, -0.1) is 0 Å². The van der Waals surface area contributed by atoms with E-state index < -0.39 is 17.9 Å². The molecule has 0 heterocycles. The molecule has 2 unspecified atom stereocenters. The lowest BCUT2D eigenvalue weighted by Crippen LogP contribution is -2.46. The summed E-state index contributed by atoms with van der Waals surface area (Å²) in [5.74, 6) is -1.85. The molecule has 0 radical (unpaired) electrons. The second kappa shape index (κ2) is 9.17. The van der Waals surface area contributed by atoms with E-state index in [1.165, 1.54) is 11.1 Å². The van der Waals surface area contributed by atoms with Crippen LogP contribution in [0, 0.1) is 0 Å². The number of carboxylic acid groups (broad SMARTS) is 1. The third-order valence-corrected chi connectivity index (χ3v) is 5.09. The maximum absolute atomic E-state index is 12.2. The Morgan fingerprint density at radius 1 is 1.04 bits per heavy atom. The molecule has 6 heteroatoms. The number of carbonyl (C=O) groups excluding carboxylic acids is 2. The number of hydrogen-bond acceptors (Lipinski definition) is 3. The van der Waals surface area contributed by atoms with Crippen molar-refractivity contribution in [3.63, 3.8) is 0 Å². The van der Waals surface area contributed by atoms with E-state index in [9.17, 15) is 19.5 Å². The number of carboxylic acids is 1. The van der Waals surface area contributed by atoms with Gasteiger partial charge in [-0.25, -0.2) is 4.79 Å². The second-order valence-corrected chi connectivity index (χ2v) is 7.03. The molecule has 2 amide bonds. The highest BCUT2D eigenvalue weighted by Crippen LogP contribution is 2.34. The molecule has 146 valence electrons. The van der Waals surface area contributed by atoms with Gasteiger partial charge in [0, 0.05) is 5.56 Å². The highest BCUT2D eigenvalue weighted by molar-refractivity contribution is 5.96. The minimum atomic E-state index is -1.06. The van der Waals surface area contributed by atoms with Crippen molar-refractivity contribution in [2.45, 2.75) is 37.6 Å². The summed E-state index contributed by atoms with van der Waals surface area (Å²) in [6.45, 7) is -0.265. The topological polar surface area (TPSA) is 95.5 Å². The van der Waals surface area contributed by atoms with E-state index in [0.29, 0.717) is 12.0 Å². The van der Waals surface area contributed by atoms with Gasteiger partial charge in [-0.3, -0.25) is 9.59 Å². The lowest BCUT2D eigenvalue weighted by atomic mass is 9.79. The van der Waals surface area contributed by atoms with Crippen LogP contribution in [0.15, 0.2) is 54.6 Å². The van der Waals surface area contributed by atoms with Crippen LogP contribution < -0.4 is 10.6 Å². The van der Waals surface area contributed by atoms with Crippen LogP contribution in [0.3, 0.4) is 0 Å². The predicted molar refractivity (Wildman–Crippen MR) is 105 cm³/mol. The first-order chi connectivity index (χ1) is 13.5. The SMILES string of the molecule is O=C(CNC(=O)c1ccccc1)NC(CC1CCCc2ccccc21)C(=O)O. The molecule has 6 nitrogen and oxygen atoms in total. The number of benzene rings is 2. The number of carbonyl (C=O) groups is 3. The summed E-state index contributed by atoms with van der Waals surface area (Å²) < 4.78 is 0. The zero-order chi connectivity index (χ0) is 19.9. The Morgan fingerprint density at radius 2 is 1.75 bits per heavy atom. The van der Waals surface area contributed by atoms with E-state index in [1.54, 1.807) is 30.3 Å². The molecule has 3 N–H and O–H groups in total. The van der Waals surface area contributed by atoms with Crippen molar-refractivity contribution >= 4 is 17.8 Å². The van der Waals surface area contributed by atoms with Crippen molar-refractivity contribution in [1.82, 2.24) is 10.6 Å². The van der Waals surface area contributed by atoms with E-state index in [2.05, 4.69) is 16.7 Å². The van der Waals surface area contributed by atoms with Crippen molar-refractivity contribution in [3.8, 4) is 0 Å². The monoisotopic (exact) mass is 380 g/mol. The smallest absolute Gasteiger partial charge is 0.326 e. The average molecular weight is 380 g/mol. The molecule has 0 saturated heterocycles. The Bertz CT molecular complexity index is 851. The summed E-state index contributed by atoms with van der Waals surface area (Å²) in [5.41, 5.74) is 2.87. The van der Waals surface area contributed by atoms with E-state index in [0.717, 1.165) is 19.3 Å². The molecule has 0 saturated carbocycles. The van der Waals surface area contributed by atoms with Crippen LogP contribution >= 0.6 is 0 Å². The molecule has 0 bridgehead atoms. The molecule has 2 atom stereocenters. The number of fused-ring (bicyclic) bond motifs is 1. The van der Waals surface area contributed by atoms with Crippen molar-refractivity contribution in [2.24, 2.45) is 0 Å². The first-order valence-corrected chi connectivity index (χ1v) is 9.48. The first kappa shape index (κ1) is 19.6. The van der Waals surface area contributed by atoms with Gasteiger partial charge < -0.3 is 15.7 Å². The number of nitrogens with one attached hydrogen (secondary N) is 2. The zero-order valence-electron chi connectivity index (χ0n) is 15.6. The van der Waals surface area contributed by atoms with Crippen molar-refractivity contribution < 1.29 is 19.5 Å². The molecular formula is C22H24N2O4. The van der Waals surface area contributed by atoms with Crippen LogP contribution in [0.1, 0.15) is 46.7 Å². The van der Waals surface area contributed by atoms with Crippen molar-refractivity contribution in [3.05, 3.63) is 71.3 Å². The largest absolute Gasteiger partial charge is 0.480 e. The minimum Gasteiger partial charge on any atom is -0.480 e. The Morgan fingerprint density at radius 3 is 2.50 bits per heavy atom. The van der Waals surface area contributed by atoms with Crippen LogP contribution in [0.5, 0.6) is 0 Å². The van der Waals surface area contributed by atoms with Crippen LogP contribution in [0.4, 0.5) is 0 Å². The van der Waals surface area contributed by atoms with Gasteiger partial charge in [0.1, 0.15) is 6.04 Å². The molecule has 28 heavy (non-hydrogen) atoms. The summed E-state index contributed by atoms with van der Waals surface area (Å²) in [7, 11) is 0. The van der Waals surface area contributed by atoms with Gasteiger partial charge in [0.05, 0.1) is 6.54 Å². The van der Waals surface area contributed by atoms with Crippen molar-refractivity contribution in [1.29, 1.82) is 0 Å². The maximum atomic E-state index is 12.2. The summed E-state index contributed by atoms with van der Waals surface area (Å²) in [4.78, 5) is 35.9. The molecule has 0 aliphatic heterocycles. The van der Waals surface area contributed by atoms with Crippen molar-refractivity contribution in [2.75, 3.05) is 6.54 Å². The average Bonchev–Trinajstić information content (AvgIpc) is 2.72.